The zero-order valence-corrected chi connectivity index (χ0v) is 22.7. The number of esters is 1. The number of aryl methyl sites for hydroxylation is 1. The molecule has 0 fully saturated rings. The van der Waals surface area contributed by atoms with Gasteiger partial charge in [-0.3, -0.25) is 4.79 Å². The summed E-state index contributed by atoms with van der Waals surface area (Å²) in [6.45, 7) is 1.85. The summed E-state index contributed by atoms with van der Waals surface area (Å²) in [4.78, 5) is 27.1. The Morgan fingerprint density at radius 2 is 1.95 bits per heavy atom. The highest BCUT2D eigenvalue weighted by molar-refractivity contribution is 7.17. The second kappa shape index (κ2) is 10.7. The van der Waals surface area contributed by atoms with Crippen molar-refractivity contribution in [1.29, 1.82) is 0 Å². The largest absolute Gasteiger partial charge is 0.497 e. The predicted octanol–water partition coefficient (Wildman–Crippen LogP) is 6.57. The summed E-state index contributed by atoms with van der Waals surface area (Å²) in [5, 5.41) is 9.75. The van der Waals surface area contributed by atoms with Gasteiger partial charge in [-0.15, -0.1) is 11.3 Å². The van der Waals surface area contributed by atoms with Crippen LogP contribution in [0.1, 0.15) is 75.1 Å². The smallest absolute Gasteiger partial charge is 0.410 e. The number of nitrogens with one attached hydrogen (secondary N) is 2. The molecular formula is C26H26ClF3N4O4S. The van der Waals surface area contributed by atoms with E-state index in [2.05, 4.69) is 15.7 Å². The van der Waals surface area contributed by atoms with Crippen LogP contribution in [0.4, 0.5) is 24.0 Å². The van der Waals surface area contributed by atoms with Crippen molar-refractivity contribution in [2.24, 2.45) is 0 Å². The summed E-state index contributed by atoms with van der Waals surface area (Å²) >= 11 is 7.76. The molecule has 0 radical (unpaired) electrons. The molecule has 5 rings (SSSR count). The average molecular weight is 583 g/mol. The normalized spacial score (nSPS) is 18.5. The van der Waals surface area contributed by atoms with Gasteiger partial charge in [0.2, 0.25) is 0 Å². The van der Waals surface area contributed by atoms with Crippen LogP contribution in [0.3, 0.4) is 0 Å². The number of ether oxygens (including phenoxy) is 2. The lowest BCUT2D eigenvalue weighted by atomic mass is 9.95. The van der Waals surface area contributed by atoms with Gasteiger partial charge in [-0.1, -0.05) is 23.7 Å². The van der Waals surface area contributed by atoms with Crippen LogP contribution in [-0.4, -0.2) is 41.5 Å². The van der Waals surface area contributed by atoms with E-state index >= 15 is 0 Å². The number of nitrogens with zero attached hydrogens (tertiary/aromatic N) is 2. The highest BCUT2D eigenvalue weighted by atomic mass is 35.5. The van der Waals surface area contributed by atoms with Gasteiger partial charge in [0.25, 0.3) is 5.91 Å². The number of thiophene rings is 1. The van der Waals surface area contributed by atoms with E-state index in [1.54, 1.807) is 31.2 Å². The van der Waals surface area contributed by atoms with Crippen LogP contribution in [0.15, 0.2) is 24.3 Å². The highest BCUT2D eigenvalue weighted by Gasteiger charge is 2.48. The molecule has 3 heterocycles. The number of carbonyl (C=O) groups is 2. The third-order valence-electron chi connectivity index (χ3n) is 6.91. The lowest BCUT2D eigenvalue weighted by Crippen LogP contribution is -2.35. The minimum absolute atomic E-state index is 0.104. The lowest BCUT2D eigenvalue weighted by Gasteiger charge is -2.33. The maximum atomic E-state index is 14.2. The molecule has 2 N–H and O–H groups in total. The van der Waals surface area contributed by atoms with E-state index in [0.717, 1.165) is 34.4 Å². The molecule has 1 aromatic carbocycles. The first-order valence-corrected chi connectivity index (χ1v) is 13.7. The van der Waals surface area contributed by atoms with Crippen LogP contribution in [0.2, 0.25) is 5.02 Å². The summed E-state index contributed by atoms with van der Waals surface area (Å²) in [7, 11) is 1.50. The number of hydrogen-bond acceptors (Lipinski definition) is 7. The Kier molecular flexibility index (Phi) is 7.51. The molecular weight excluding hydrogens is 557 g/mol. The summed E-state index contributed by atoms with van der Waals surface area (Å²) in [6, 6.07) is 3.92. The summed E-state index contributed by atoms with van der Waals surface area (Å²) in [5.74, 6) is -0.896. The van der Waals surface area contributed by atoms with Gasteiger partial charge in [-0.2, -0.15) is 18.3 Å². The molecule has 2 atom stereocenters. The van der Waals surface area contributed by atoms with E-state index in [0.29, 0.717) is 17.7 Å². The monoisotopic (exact) mass is 582 g/mol. The van der Waals surface area contributed by atoms with Crippen molar-refractivity contribution in [3.8, 4) is 5.75 Å². The van der Waals surface area contributed by atoms with Gasteiger partial charge in [-0.25, -0.2) is 9.48 Å². The first-order valence-electron chi connectivity index (χ1n) is 12.5. The molecule has 3 aromatic rings. The number of amides is 1. The van der Waals surface area contributed by atoms with E-state index in [9.17, 15) is 22.8 Å². The number of fused-ring (bicyclic) bond motifs is 2. The Bertz CT molecular complexity index is 1400. The number of rotatable bonds is 6. The Hall–Kier alpha value is -3.25. The average Bonchev–Trinajstić information content (AvgIpc) is 3.45. The molecule has 39 heavy (non-hydrogen) atoms. The van der Waals surface area contributed by atoms with E-state index in [-0.39, 0.29) is 40.1 Å². The molecule has 1 amide bonds. The lowest BCUT2D eigenvalue weighted by molar-refractivity contribution is -0.173. The number of carbonyl (C=O) groups excluding carboxylic acids is 2. The summed E-state index contributed by atoms with van der Waals surface area (Å²) < 4.78 is 53.6. The molecule has 2 aromatic heterocycles. The minimum Gasteiger partial charge on any atom is -0.497 e. The van der Waals surface area contributed by atoms with Crippen LogP contribution >= 0.6 is 22.9 Å². The number of aromatic nitrogens is 2. The molecule has 0 bridgehead atoms. The van der Waals surface area contributed by atoms with Crippen LogP contribution in [0.25, 0.3) is 0 Å². The van der Waals surface area contributed by atoms with Gasteiger partial charge in [0.1, 0.15) is 21.6 Å². The number of alkyl halides is 3. The fourth-order valence-electron chi connectivity index (χ4n) is 5.02. The zero-order chi connectivity index (χ0) is 27.9. The minimum atomic E-state index is -4.64. The van der Waals surface area contributed by atoms with E-state index in [1.165, 1.54) is 18.4 Å². The number of benzene rings is 1. The fourth-order valence-corrected chi connectivity index (χ4v) is 6.56. The molecule has 1 aliphatic heterocycles. The quantitative estimate of drug-likeness (QED) is 0.319. The number of halogens is 4. The van der Waals surface area contributed by atoms with Crippen molar-refractivity contribution in [3.05, 3.63) is 56.5 Å². The molecule has 8 nitrogen and oxygen atoms in total. The molecule has 0 spiro atoms. The maximum absolute atomic E-state index is 14.2. The SMILES string of the molecule is CCOC(=O)c1c(NC(=O)c2nn3c(c2Cl)N[C@@H](c2ccc(OC)cc2)C[C@@H]3C(F)(F)F)sc2c1CCCC2. The number of methoxy groups -OCH3 is 1. The molecule has 0 saturated carbocycles. The second-order valence-electron chi connectivity index (χ2n) is 9.31. The third-order valence-corrected chi connectivity index (χ3v) is 8.47. The molecule has 0 unspecified atom stereocenters. The zero-order valence-electron chi connectivity index (χ0n) is 21.2. The van der Waals surface area contributed by atoms with Crippen molar-refractivity contribution >= 4 is 45.6 Å². The molecule has 1 aliphatic carbocycles. The standard InChI is InChI=1S/C26H26ClF3N4O4S/c1-3-38-25(36)19-15-6-4-5-7-17(15)39-24(19)32-23(35)21-20(27)22-31-16(13-8-10-14(37-2)11-9-13)12-18(26(28,29)30)34(22)33-21/h8-11,16,18,31H,3-7,12H2,1-2H3,(H,32,35)/t16-,18-/m1/s1. The van der Waals surface area contributed by atoms with Crippen molar-refractivity contribution in [1.82, 2.24) is 9.78 Å². The third kappa shape index (κ3) is 5.19. The molecule has 13 heteroatoms. The van der Waals surface area contributed by atoms with Gasteiger partial charge < -0.3 is 20.1 Å². The first kappa shape index (κ1) is 27.3. The molecule has 2 aliphatic rings. The fraction of sp³-hybridized carbons (Fsp3) is 0.423. The Morgan fingerprint density at radius 3 is 2.62 bits per heavy atom. The van der Waals surface area contributed by atoms with Crippen molar-refractivity contribution < 1.29 is 32.2 Å². The van der Waals surface area contributed by atoms with Gasteiger partial charge >= 0.3 is 12.1 Å². The van der Waals surface area contributed by atoms with Crippen molar-refractivity contribution in [3.63, 3.8) is 0 Å². The molecule has 0 saturated heterocycles. The topological polar surface area (TPSA) is 94.5 Å². The van der Waals surface area contributed by atoms with E-state index in [1.807, 2.05) is 0 Å². The van der Waals surface area contributed by atoms with Crippen LogP contribution in [-0.2, 0) is 17.6 Å². The van der Waals surface area contributed by atoms with Gasteiger partial charge in [0.15, 0.2) is 11.7 Å². The Labute approximate surface area is 231 Å². The van der Waals surface area contributed by atoms with Crippen LogP contribution < -0.4 is 15.4 Å². The van der Waals surface area contributed by atoms with Crippen LogP contribution in [0.5, 0.6) is 5.75 Å². The number of hydrogen-bond donors (Lipinski definition) is 2. The summed E-state index contributed by atoms with van der Waals surface area (Å²) in [5.41, 5.74) is 1.36. The van der Waals surface area contributed by atoms with E-state index < -0.39 is 30.1 Å². The summed E-state index contributed by atoms with van der Waals surface area (Å²) in [6.07, 6.45) is -1.68. The predicted molar refractivity (Wildman–Crippen MR) is 141 cm³/mol. The first-order chi connectivity index (χ1) is 18.6. The number of anilines is 2. The maximum Gasteiger partial charge on any atom is 0.410 e. The van der Waals surface area contributed by atoms with Crippen molar-refractivity contribution in [2.75, 3.05) is 24.4 Å². The highest BCUT2D eigenvalue weighted by Crippen LogP contribution is 2.47. The van der Waals surface area contributed by atoms with Gasteiger partial charge in [0.05, 0.1) is 25.3 Å². The Morgan fingerprint density at radius 1 is 1.23 bits per heavy atom. The molecule has 208 valence electrons. The van der Waals surface area contributed by atoms with Gasteiger partial charge in [-0.05, 0) is 55.9 Å². The van der Waals surface area contributed by atoms with E-state index in [4.69, 9.17) is 21.1 Å². The van der Waals surface area contributed by atoms with Crippen LogP contribution in [0, 0.1) is 0 Å². The van der Waals surface area contributed by atoms with Gasteiger partial charge in [0, 0.05) is 11.3 Å². The van der Waals surface area contributed by atoms with Crippen molar-refractivity contribution in [2.45, 2.75) is 57.3 Å². The Balaban J connectivity index is 1.48. The second-order valence-corrected chi connectivity index (χ2v) is 10.8.